The normalized spacial score (nSPS) is 15.9. The number of nitrogen functional groups attached to an aromatic ring is 1. The van der Waals surface area contributed by atoms with Gasteiger partial charge in [0.15, 0.2) is 0 Å². The molecule has 0 aliphatic carbocycles. The second-order valence-corrected chi connectivity index (χ2v) is 4.79. The summed E-state index contributed by atoms with van der Waals surface area (Å²) in [5, 5.41) is 3.10. The van der Waals surface area contributed by atoms with Gasteiger partial charge in [-0.3, -0.25) is 9.69 Å². The molecule has 4 N–H and O–H groups in total. The van der Waals surface area contributed by atoms with E-state index in [9.17, 15) is 4.79 Å². The van der Waals surface area contributed by atoms with Gasteiger partial charge in [0.1, 0.15) is 11.5 Å². The smallest absolute Gasteiger partial charge is 0.271 e. The Hall–Kier alpha value is -1.41. The van der Waals surface area contributed by atoms with Gasteiger partial charge in [0.05, 0.1) is 18.2 Å². The first-order valence-corrected chi connectivity index (χ1v) is 6.80. The molecule has 1 amide bonds. The van der Waals surface area contributed by atoms with Gasteiger partial charge < -0.3 is 15.5 Å². The van der Waals surface area contributed by atoms with Crippen molar-refractivity contribution in [3.63, 3.8) is 0 Å². The van der Waals surface area contributed by atoms with Crippen LogP contribution in [0.1, 0.15) is 10.5 Å². The van der Waals surface area contributed by atoms with Crippen LogP contribution in [0, 0.1) is 0 Å². The number of hydrazine groups is 1. The molecule has 110 valence electrons. The van der Waals surface area contributed by atoms with E-state index in [1.165, 1.54) is 0 Å². The molecule has 7 nitrogen and oxygen atoms in total. The van der Waals surface area contributed by atoms with E-state index in [2.05, 4.69) is 20.6 Å². The van der Waals surface area contributed by atoms with Crippen LogP contribution in [0.3, 0.4) is 0 Å². The first-order valence-electron chi connectivity index (χ1n) is 6.42. The average Bonchev–Trinajstić information content (AvgIpc) is 2.48. The molecular weight excluding hydrogens is 282 g/mol. The van der Waals surface area contributed by atoms with E-state index < -0.39 is 0 Å². The van der Waals surface area contributed by atoms with E-state index in [-0.39, 0.29) is 11.6 Å². The summed E-state index contributed by atoms with van der Waals surface area (Å²) >= 11 is 5.96. The zero-order valence-corrected chi connectivity index (χ0v) is 11.8. The maximum absolute atomic E-state index is 12.0. The van der Waals surface area contributed by atoms with Crippen LogP contribution in [0.4, 0.5) is 5.82 Å². The quantitative estimate of drug-likeness (QED) is 0.527. The van der Waals surface area contributed by atoms with Crippen molar-refractivity contribution in [3.8, 4) is 0 Å². The van der Waals surface area contributed by atoms with Gasteiger partial charge in [-0.15, -0.1) is 0 Å². The van der Waals surface area contributed by atoms with Crippen LogP contribution in [0.5, 0.6) is 0 Å². The van der Waals surface area contributed by atoms with E-state index in [0.29, 0.717) is 17.4 Å². The summed E-state index contributed by atoms with van der Waals surface area (Å²) in [5.41, 5.74) is 2.56. The minimum absolute atomic E-state index is 0.170. The molecule has 0 radical (unpaired) electrons. The number of amides is 1. The SMILES string of the molecule is NNc1ccc(Cl)c(C(=O)NCCN2CCOCC2)n1. The maximum atomic E-state index is 12.0. The number of nitrogens with one attached hydrogen (secondary N) is 2. The predicted molar refractivity (Wildman–Crippen MR) is 76.6 cm³/mol. The van der Waals surface area contributed by atoms with Gasteiger partial charge >= 0.3 is 0 Å². The molecule has 1 aliphatic heterocycles. The molecule has 20 heavy (non-hydrogen) atoms. The molecule has 2 rings (SSSR count). The highest BCUT2D eigenvalue weighted by Gasteiger charge is 2.14. The van der Waals surface area contributed by atoms with Crippen LogP contribution in [0.15, 0.2) is 12.1 Å². The number of anilines is 1. The number of carbonyl (C=O) groups excluding carboxylic acids is 1. The second-order valence-electron chi connectivity index (χ2n) is 4.38. The largest absolute Gasteiger partial charge is 0.379 e. The Morgan fingerprint density at radius 2 is 2.20 bits per heavy atom. The topological polar surface area (TPSA) is 92.5 Å². The number of morpholine rings is 1. The molecule has 1 fully saturated rings. The van der Waals surface area contributed by atoms with Gasteiger partial charge in [-0.1, -0.05) is 11.6 Å². The van der Waals surface area contributed by atoms with Crippen molar-refractivity contribution >= 4 is 23.3 Å². The van der Waals surface area contributed by atoms with Crippen molar-refractivity contribution in [2.24, 2.45) is 5.84 Å². The summed E-state index contributed by atoms with van der Waals surface area (Å²) in [7, 11) is 0. The fourth-order valence-electron chi connectivity index (χ4n) is 1.92. The number of aromatic nitrogens is 1. The van der Waals surface area contributed by atoms with Crippen LogP contribution in [0.2, 0.25) is 5.02 Å². The lowest BCUT2D eigenvalue weighted by atomic mass is 10.3. The zero-order chi connectivity index (χ0) is 14.4. The molecule has 1 aromatic heterocycles. The fraction of sp³-hybridized carbons (Fsp3) is 0.500. The standard InChI is InChI=1S/C12H18ClN5O2/c13-9-1-2-10(17-14)16-11(9)12(19)15-3-4-18-5-7-20-8-6-18/h1-2H,3-8,14H2,(H,15,19)(H,16,17). The second kappa shape index (κ2) is 7.39. The van der Waals surface area contributed by atoms with Crippen LogP contribution in [-0.4, -0.2) is 55.2 Å². The summed E-state index contributed by atoms with van der Waals surface area (Å²) in [5.74, 6) is 5.35. The van der Waals surface area contributed by atoms with Gasteiger partial charge in [-0.2, -0.15) is 0 Å². The molecule has 0 spiro atoms. The Labute approximate surface area is 122 Å². The van der Waals surface area contributed by atoms with E-state index >= 15 is 0 Å². The lowest BCUT2D eigenvalue weighted by Crippen LogP contribution is -2.41. The molecular formula is C12H18ClN5O2. The number of nitrogens with two attached hydrogens (primary N) is 1. The summed E-state index contributed by atoms with van der Waals surface area (Å²) in [6.45, 7) is 4.58. The molecule has 0 unspecified atom stereocenters. The summed E-state index contributed by atoms with van der Waals surface area (Å²) in [6, 6.07) is 3.19. The Kier molecular flexibility index (Phi) is 5.54. The summed E-state index contributed by atoms with van der Waals surface area (Å²) in [6.07, 6.45) is 0. The fourth-order valence-corrected chi connectivity index (χ4v) is 2.11. The molecule has 0 atom stereocenters. The maximum Gasteiger partial charge on any atom is 0.271 e. The minimum Gasteiger partial charge on any atom is -0.379 e. The van der Waals surface area contributed by atoms with Crippen molar-refractivity contribution in [3.05, 3.63) is 22.8 Å². The summed E-state index contributed by atoms with van der Waals surface area (Å²) < 4.78 is 5.26. The minimum atomic E-state index is -0.305. The number of carbonyl (C=O) groups is 1. The van der Waals surface area contributed by atoms with E-state index in [1.54, 1.807) is 12.1 Å². The molecule has 1 saturated heterocycles. The first kappa shape index (κ1) is 15.0. The zero-order valence-electron chi connectivity index (χ0n) is 11.1. The number of pyridine rings is 1. The molecule has 2 heterocycles. The van der Waals surface area contributed by atoms with E-state index in [4.69, 9.17) is 22.2 Å². The highest BCUT2D eigenvalue weighted by molar-refractivity contribution is 6.33. The van der Waals surface area contributed by atoms with E-state index in [1.807, 2.05) is 0 Å². The Bertz CT molecular complexity index is 465. The Morgan fingerprint density at radius 1 is 1.45 bits per heavy atom. The molecule has 8 heteroatoms. The molecule has 0 aromatic carbocycles. The monoisotopic (exact) mass is 299 g/mol. The molecule has 1 aliphatic rings. The van der Waals surface area contributed by atoms with Crippen LogP contribution >= 0.6 is 11.6 Å². The average molecular weight is 300 g/mol. The third-order valence-corrected chi connectivity index (χ3v) is 3.33. The van der Waals surface area contributed by atoms with Crippen molar-refractivity contribution in [2.75, 3.05) is 44.8 Å². The highest BCUT2D eigenvalue weighted by Crippen LogP contribution is 2.15. The van der Waals surface area contributed by atoms with Crippen molar-refractivity contribution in [2.45, 2.75) is 0 Å². The number of nitrogens with zero attached hydrogens (tertiary/aromatic N) is 2. The van der Waals surface area contributed by atoms with Gasteiger partial charge in [0, 0.05) is 26.2 Å². The number of hydrogen-bond donors (Lipinski definition) is 3. The van der Waals surface area contributed by atoms with Crippen molar-refractivity contribution < 1.29 is 9.53 Å². The van der Waals surface area contributed by atoms with Crippen LogP contribution in [-0.2, 0) is 4.74 Å². The first-order chi connectivity index (χ1) is 9.70. The third kappa shape index (κ3) is 4.04. The summed E-state index contributed by atoms with van der Waals surface area (Å²) in [4.78, 5) is 18.3. The number of ether oxygens (including phenoxy) is 1. The van der Waals surface area contributed by atoms with Crippen molar-refractivity contribution in [1.82, 2.24) is 15.2 Å². The Morgan fingerprint density at radius 3 is 2.90 bits per heavy atom. The van der Waals surface area contributed by atoms with Crippen molar-refractivity contribution in [1.29, 1.82) is 0 Å². The van der Waals surface area contributed by atoms with Crippen LogP contribution < -0.4 is 16.6 Å². The molecule has 0 bridgehead atoms. The lowest BCUT2D eigenvalue weighted by molar-refractivity contribution is 0.0383. The number of halogens is 1. The Balaban J connectivity index is 1.84. The van der Waals surface area contributed by atoms with Gasteiger partial charge in [0.2, 0.25) is 0 Å². The lowest BCUT2D eigenvalue weighted by Gasteiger charge is -2.26. The highest BCUT2D eigenvalue weighted by atomic mass is 35.5. The van der Waals surface area contributed by atoms with E-state index in [0.717, 1.165) is 32.8 Å². The molecule has 1 aromatic rings. The molecule has 0 saturated carbocycles. The number of rotatable bonds is 5. The van der Waals surface area contributed by atoms with Crippen LogP contribution in [0.25, 0.3) is 0 Å². The number of hydrogen-bond acceptors (Lipinski definition) is 6. The van der Waals surface area contributed by atoms with Gasteiger partial charge in [-0.05, 0) is 12.1 Å². The van der Waals surface area contributed by atoms with Gasteiger partial charge in [0.25, 0.3) is 5.91 Å². The predicted octanol–water partition coefficient (Wildman–Crippen LogP) is 0.0826. The third-order valence-electron chi connectivity index (χ3n) is 3.03. The van der Waals surface area contributed by atoms with Gasteiger partial charge in [-0.25, -0.2) is 10.8 Å².